The summed E-state index contributed by atoms with van der Waals surface area (Å²) in [5.41, 5.74) is 2.08. The Kier molecular flexibility index (Phi) is 4.86. The Bertz CT molecular complexity index is 234. The number of phenols is 1. The van der Waals surface area contributed by atoms with Gasteiger partial charge in [-0.15, -0.1) is 0 Å². The molecule has 0 aliphatic rings. The zero-order valence-electron chi connectivity index (χ0n) is 7.96. The minimum Gasteiger partial charge on any atom is -0.508 e. The third-order valence-corrected chi connectivity index (χ3v) is 1.36. The van der Waals surface area contributed by atoms with E-state index >= 15 is 0 Å². The highest BCUT2D eigenvalue weighted by Gasteiger charge is 1.90. The van der Waals surface area contributed by atoms with E-state index in [1.54, 1.807) is 12.1 Å². The van der Waals surface area contributed by atoms with Crippen molar-refractivity contribution in [2.45, 2.75) is 20.8 Å². The van der Waals surface area contributed by atoms with Crippen LogP contribution in [0.2, 0.25) is 0 Å². The van der Waals surface area contributed by atoms with Crippen LogP contribution in [0.25, 0.3) is 5.57 Å². The van der Waals surface area contributed by atoms with Crippen LogP contribution in [0, 0.1) is 0 Å². The second-order valence-electron chi connectivity index (χ2n) is 2.33. The molecule has 66 valence electrons. The predicted octanol–water partition coefficient (Wildman–Crippen LogP) is 3.45. The van der Waals surface area contributed by atoms with Crippen molar-refractivity contribution >= 4 is 5.57 Å². The standard InChI is InChI=1S/C9H10O.C2H6/c1-7(2)8-3-5-9(10)6-4-8;1-2/h3-6,10H,1H2,2H3;1-2H3. The first-order valence-corrected chi connectivity index (χ1v) is 4.15. The molecule has 1 rings (SSSR count). The van der Waals surface area contributed by atoms with E-state index in [1.807, 2.05) is 32.9 Å². The number of hydrogen-bond acceptors (Lipinski definition) is 1. The van der Waals surface area contributed by atoms with Crippen LogP contribution in [0.15, 0.2) is 30.8 Å². The van der Waals surface area contributed by atoms with Gasteiger partial charge in [0.15, 0.2) is 0 Å². The van der Waals surface area contributed by atoms with Gasteiger partial charge in [-0.2, -0.15) is 0 Å². The Morgan fingerprint density at radius 3 is 1.92 bits per heavy atom. The number of phenolic OH excluding ortho intramolecular Hbond substituents is 1. The molecule has 0 atom stereocenters. The summed E-state index contributed by atoms with van der Waals surface area (Å²) in [6.45, 7) is 9.71. The molecule has 12 heavy (non-hydrogen) atoms. The molecule has 1 heteroatoms. The summed E-state index contributed by atoms with van der Waals surface area (Å²) < 4.78 is 0. The fourth-order valence-electron chi connectivity index (χ4n) is 0.746. The molecule has 0 saturated carbocycles. The summed E-state index contributed by atoms with van der Waals surface area (Å²) in [4.78, 5) is 0. The van der Waals surface area contributed by atoms with E-state index in [0.29, 0.717) is 5.75 Å². The van der Waals surface area contributed by atoms with Crippen molar-refractivity contribution in [2.24, 2.45) is 0 Å². The molecule has 1 nitrogen and oxygen atoms in total. The van der Waals surface area contributed by atoms with Crippen LogP contribution in [0.4, 0.5) is 0 Å². The molecule has 0 unspecified atom stereocenters. The summed E-state index contributed by atoms with van der Waals surface area (Å²) in [5, 5.41) is 8.91. The first kappa shape index (κ1) is 10.8. The van der Waals surface area contributed by atoms with Crippen LogP contribution >= 0.6 is 0 Å². The van der Waals surface area contributed by atoms with Crippen molar-refractivity contribution in [2.75, 3.05) is 0 Å². The molecule has 1 N–H and O–H groups in total. The van der Waals surface area contributed by atoms with Gasteiger partial charge in [0.25, 0.3) is 0 Å². The zero-order chi connectivity index (χ0) is 9.56. The van der Waals surface area contributed by atoms with E-state index in [-0.39, 0.29) is 0 Å². The largest absolute Gasteiger partial charge is 0.508 e. The van der Waals surface area contributed by atoms with Crippen LogP contribution < -0.4 is 0 Å². The lowest BCUT2D eigenvalue weighted by atomic mass is 10.1. The van der Waals surface area contributed by atoms with Gasteiger partial charge < -0.3 is 5.11 Å². The average Bonchev–Trinajstić information content (AvgIpc) is 2.09. The molecule has 0 bridgehead atoms. The maximum Gasteiger partial charge on any atom is 0.115 e. The summed E-state index contributed by atoms with van der Waals surface area (Å²) >= 11 is 0. The highest BCUT2D eigenvalue weighted by atomic mass is 16.3. The van der Waals surface area contributed by atoms with Crippen LogP contribution in [-0.2, 0) is 0 Å². The van der Waals surface area contributed by atoms with Gasteiger partial charge in [-0.3, -0.25) is 0 Å². The molecule has 0 saturated heterocycles. The Hall–Kier alpha value is -1.24. The fourth-order valence-corrected chi connectivity index (χ4v) is 0.746. The minimum atomic E-state index is 0.296. The van der Waals surface area contributed by atoms with Crippen molar-refractivity contribution < 1.29 is 5.11 Å². The third-order valence-electron chi connectivity index (χ3n) is 1.36. The number of aromatic hydroxyl groups is 1. The lowest BCUT2D eigenvalue weighted by molar-refractivity contribution is 0.475. The Labute approximate surface area is 74.4 Å². The summed E-state index contributed by atoms with van der Waals surface area (Å²) in [6.07, 6.45) is 0. The first-order valence-electron chi connectivity index (χ1n) is 4.15. The quantitative estimate of drug-likeness (QED) is 0.674. The van der Waals surface area contributed by atoms with Gasteiger partial charge in [0.2, 0.25) is 0 Å². The molecular weight excluding hydrogens is 148 g/mol. The highest BCUT2D eigenvalue weighted by Crippen LogP contribution is 2.14. The zero-order valence-corrected chi connectivity index (χ0v) is 7.96. The summed E-state index contributed by atoms with van der Waals surface area (Å²) in [7, 11) is 0. The predicted molar refractivity (Wildman–Crippen MR) is 54.2 cm³/mol. The van der Waals surface area contributed by atoms with Gasteiger partial charge in [-0.25, -0.2) is 0 Å². The lowest BCUT2D eigenvalue weighted by Gasteiger charge is -1.97. The van der Waals surface area contributed by atoms with Gasteiger partial charge in [-0.05, 0) is 24.6 Å². The van der Waals surface area contributed by atoms with Crippen molar-refractivity contribution in [1.29, 1.82) is 0 Å². The number of hydrogen-bond donors (Lipinski definition) is 1. The SMILES string of the molecule is C=C(C)c1ccc(O)cc1.CC. The second kappa shape index (κ2) is 5.42. The van der Waals surface area contributed by atoms with Crippen LogP contribution in [-0.4, -0.2) is 5.11 Å². The number of benzene rings is 1. The lowest BCUT2D eigenvalue weighted by Crippen LogP contribution is -1.74. The van der Waals surface area contributed by atoms with Crippen LogP contribution in [0.5, 0.6) is 5.75 Å². The van der Waals surface area contributed by atoms with Gasteiger partial charge in [0.05, 0.1) is 0 Å². The molecule has 0 radical (unpaired) electrons. The smallest absolute Gasteiger partial charge is 0.115 e. The van der Waals surface area contributed by atoms with Gasteiger partial charge in [-0.1, -0.05) is 38.1 Å². The fraction of sp³-hybridized carbons (Fsp3) is 0.273. The molecule has 0 amide bonds. The Morgan fingerprint density at radius 2 is 1.58 bits per heavy atom. The second-order valence-corrected chi connectivity index (χ2v) is 2.33. The Balaban J connectivity index is 0.000000561. The van der Waals surface area contributed by atoms with E-state index in [2.05, 4.69) is 6.58 Å². The maximum atomic E-state index is 8.91. The maximum absolute atomic E-state index is 8.91. The monoisotopic (exact) mass is 164 g/mol. The molecule has 0 aliphatic carbocycles. The van der Waals surface area contributed by atoms with Crippen molar-refractivity contribution in [3.05, 3.63) is 36.4 Å². The molecule has 0 fully saturated rings. The van der Waals surface area contributed by atoms with Crippen molar-refractivity contribution in [1.82, 2.24) is 0 Å². The highest BCUT2D eigenvalue weighted by molar-refractivity contribution is 5.61. The van der Waals surface area contributed by atoms with E-state index in [4.69, 9.17) is 5.11 Å². The topological polar surface area (TPSA) is 20.2 Å². The van der Waals surface area contributed by atoms with E-state index in [0.717, 1.165) is 11.1 Å². The molecule has 0 heterocycles. The van der Waals surface area contributed by atoms with E-state index in [9.17, 15) is 0 Å². The number of allylic oxidation sites excluding steroid dienone is 1. The van der Waals surface area contributed by atoms with Crippen molar-refractivity contribution in [3.8, 4) is 5.75 Å². The minimum absolute atomic E-state index is 0.296. The average molecular weight is 164 g/mol. The molecule has 1 aromatic carbocycles. The van der Waals surface area contributed by atoms with E-state index in [1.165, 1.54) is 0 Å². The summed E-state index contributed by atoms with van der Waals surface area (Å²) in [5.74, 6) is 0.296. The van der Waals surface area contributed by atoms with Crippen LogP contribution in [0.3, 0.4) is 0 Å². The van der Waals surface area contributed by atoms with E-state index < -0.39 is 0 Å². The molecule has 0 aromatic heterocycles. The number of rotatable bonds is 1. The first-order chi connectivity index (χ1) is 5.70. The molecule has 0 aliphatic heterocycles. The van der Waals surface area contributed by atoms with Gasteiger partial charge in [0, 0.05) is 0 Å². The third kappa shape index (κ3) is 3.24. The van der Waals surface area contributed by atoms with Gasteiger partial charge >= 0.3 is 0 Å². The van der Waals surface area contributed by atoms with Crippen molar-refractivity contribution in [3.63, 3.8) is 0 Å². The normalized spacial score (nSPS) is 8.25. The molecule has 0 spiro atoms. The Morgan fingerprint density at radius 1 is 1.17 bits per heavy atom. The summed E-state index contributed by atoms with van der Waals surface area (Å²) in [6, 6.07) is 7.00. The van der Waals surface area contributed by atoms with Gasteiger partial charge in [0.1, 0.15) is 5.75 Å². The molecule has 1 aromatic rings. The molecular formula is C11H16O. The van der Waals surface area contributed by atoms with Crippen LogP contribution in [0.1, 0.15) is 26.3 Å².